The van der Waals surface area contributed by atoms with Crippen LogP contribution in [0.5, 0.6) is 17.2 Å². The molecule has 4 heteroatoms. The van der Waals surface area contributed by atoms with Gasteiger partial charge in [-0.1, -0.05) is 126 Å². The van der Waals surface area contributed by atoms with Gasteiger partial charge in [-0.25, -0.2) is 4.79 Å². The minimum absolute atomic E-state index is 0.373. The predicted octanol–water partition coefficient (Wildman–Crippen LogP) is 11.8. The van der Waals surface area contributed by atoms with E-state index >= 15 is 0 Å². The lowest BCUT2D eigenvalue weighted by Crippen LogP contribution is -2.08. The number of unbranched alkanes of at least 4 members (excludes halogenated alkanes) is 8. The molecule has 4 aromatic carbocycles. The SMILES string of the molecule is C=Cc1ccc(OCCCCCCCCCCCOc2ccc(C(=O)Oc3ccc(-c4ccc(C[C@@H](C)CC)cc4)cc3)cc2)cc1. The number of carbonyl (C=O) groups is 1. The molecule has 248 valence electrons. The zero-order valence-electron chi connectivity index (χ0n) is 28.4. The third-order valence-corrected chi connectivity index (χ3v) is 8.67. The summed E-state index contributed by atoms with van der Waals surface area (Å²) in [5, 5.41) is 0. The van der Waals surface area contributed by atoms with Gasteiger partial charge >= 0.3 is 5.97 Å². The van der Waals surface area contributed by atoms with Crippen LogP contribution in [-0.4, -0.2) is 19.2 Å². The molecule has 1 atom stereocenters. The van der Waals surface area contributed by atoms with Crippen molar-refractivity contribution in [1.82, 2.24) is 0 Å². The van der Waals surface area contributed by atoms with E-state index in [4.69, 9.17) is 14.2 Å². The van der Waals surface area contributed by atoms with Crippen molar-refractivity contribution in [2.45, 2.75) is 84.5 Å². The minimum atomic E-state index is -0.373. The van der Waals surface area contributed by atoms with Gasteiger partial charge in [0.2, 0.25) is 0 Å². The quantitative estimate of drug-likeness (QED) is 0.0521. The van der Waals surface area contributed by atoms with Gasteiger partial charge in [-0.2, -0.15) is 0 Å². The van der Waals surface area contributed by atoms with Crippen LogP contribution in [0.25, 0.3) is 17.2 Å². The Kier molecular flexibility index (Phi) is 15.2. The molecule has 0 aromatic heterocycles. The van der Waals surface area contributed by atoms with Gasteiger partial charge in [0.05, 0.1) is 18.8 Å². The van der Waals surface area contributed by atoms with E-state index in [0.717, 1.165) is 54.1 Å². The third kappa shape index (κ3) is 12.8. The maximum absolute atomic E-state index is 12.7. The zero-order chi connectivity index (χ0) is 33.1. The van der Waals surface area contributed by atoms with E-state index in [2.05, 4.69) is 44.7 Å². The van der Waals surface area contributed by atoms with Crippen LogP contribution < -0.4 is 14.2 Å². The molecule has 4 nitrogen and oxygen atoms in total. The van der Waals surface area contributed by atoms with Crippen molar-refractivity contribution in [2.75, 3.05) is 13.2 Å². The van der Waals surface area contributed by atoms with Crippen LogP contribution in [0.2, 0.25) is 0 Å². The van der Waals surface area contributed by atoms with Crippen LogP contribution in [0.1, 0.15) is 99.5 Å². The smallest absolute Gasteiger partial charge is 0.343 e. The summed E-state index contributed by atoms with van der Waals surface area (Å²) in [6, 6.07) is 31.7. The zero-order valence-corrected chi connectivity index (χ0v) is 28.4. The van der Waals surface area contributed by atoms with Crippen molar-refractivity contribution in [1.29, 1.82) is 0 Å². The topological polar surface area (TPSA) is 44.8 Å². The molecule has 0 N–H and O–H groups in total. The maximum atomic E-state index is 12.7. The largest absolute Gasteiger partial charge is 0.494 e. The minimum Gasteiger partial charge on any atom is -0.494 e. The first-order valence-electron chi connectivity index (χ1n) is 17.5. The molecule has 4 rings (SSSR count). The number of ether oxygens (including phenoxy) is 3. The highest BCUT2D eigenvalue weighted by molar-refractivity contribution is 5.91. The summed E-state index contributed by atoms with van der Waals surface area (Å²) in [6.07, 6.45) is 15.0. The molecule has 0 amide bonds. The highest BCUT2D eigenvalue weighted by Crippen LogP contribution is 2.25. The Labute approximate surface area is 282 Å². The fourth-order valence-corrected chi connectivity index (χ4v) is 5.47. The predicted molar refractivity (Wildman–Crippen MR) is 196 cm³/mol. The van der Waals surface area contributed by atoms with Crippen LogP contribution in [0.15, 0.2) is 104 Å². The molecule has 0 aliphatic heterocycles. The van der Waals surface area contributed by atoms with Crippen molar-refractivity contribution in [3.8, 4) is 28.4 Å². The van der Waals surface area contributed by atoms with Crippen molar-refractivity contribution in [3.63, 3.8) is 0 Å². The molecule has 0 saturated heterocycles. The standard InChI is InChI=1S/C43H52O4/c1-4-34(3)33-36-15-19-37(20-16-36)38-21-29-42(30-22-38)47-43(44)39-23-27-41(28-24-39)46-32-14-12-10-8-6-7-9-11-13-31-45-40-25-17-35(5-2)18-26-40/h5,15-30,34H,2,4,6-14,31-33H2,1,3H3/t34-/m0/s1. The summed E-state index contributed by atoms with van der Waals surface area (Å²) in [6.45, 7) is 9.76. The summed E-state index contributed by atoms with van der Waals surface area (Å²) < 4.78 is 17.3. The average molecular weight is 633 g/mol. The Morgan fingerprint density at radius 3 is 1.55 bits per heavy atom. The first kappa shape index (κ1) is 35.5. The maximum Gasteiger partial charge on any atom is 0.343 e. The first-order chi connectivity index (χ1) is 23.0. The molecule has 0 aliphatic carbocycles. The van der Waals surface area contributed by atoms with Crippen molar-refractivity contribution in [3.05, 3.63) is 120 Å². The van der Waals surface area contributed by atoms with Gasteiger partial charge in [-0.15, -0.1) is 0 Å². The van der Waals surface area contributed by atoms with E-state index < -0.39 is 0 Å². The Hall–Kier alpha value is -4.31. The number of carbonyl (C=O) groups excluding carboxylic acids is 1. The first-order valence-corrected chi connectivity index (χ1v) is 17.5. The summed E-state index contributed by atoms with van der Waals surface area (Å²) >= 11 is 0. The fourth-order valence-electron chi connectivity index (χ4n) is 5.47. The molecule has 4 aromatic rings. The second-order valence-electron chi connectivity index (χ2n) is 12.5. The summed E-state index contributed by atoms with van der Waals surface area (Å²) in [5.74, 6) is 2.56. The monoisotopic (exact) mass is 632 g/mol. The Balaban J connectivity index is 1.03. The van der Waals surface area contributed by atoms with E-state index in [9.17, 15) is 4.79 Å². The second-order valence-corrected chi connectivity index (χ2v) is 12.5. The summed E-state index contributed by atoms with van der Waals surface area (Å²) in [7, 11) is 0. The lowest BCUT2D eigenvalue weighted by Gasteiger charge is -2.10. The van der Waals surface area contributed by atoms with Gasteiger partial charge in [-0.3, -0.25) is 0 Å². The molecule has 0 fully saturated rings. The van der Waals surface area contributed by atoms with Gasteiger partial charge in [0.15, 0.2) is 0 Å². The molecule has 0 spiro atoms. The molecular weight excluding hydrogens is 580 g/mol. The van der Waals surface area contributed by atoms with Crippen LogP contribution in [0.3, 0.4) is 0 Å². The summed E-state index contributed by atoms with van der Waals surface area (Å²) in [5.41, 5.74) is 5.24. The van der Waals surface area contributed by atoms with Gasteiger partial charge < -0.3 is 14.2 Å². The molecule has 0 bridgehead atoms. The molecule has 0 heterocycles. The molecule has 0 radical (unpaired) electrons. The second kappa shape index (κ2) is 20.0. The van der Waals surface area contributed by atoms with E-state index in [-0.39, 0.29) is 5.97 Å². The van der Waals surface area contributed by atoms with E-state index in [0.29, 0.717) is 23.8 Å². The van der Waals surface area contributed by atoms with Crippen LogP contribution >= 0.6 is 0 Å². The normalized spacial score (nSPS) is 11.5. The van der Waals surface area contributed by atoms with E-state index in [1.807, 2.05) is 66.7 Å². The number of hydrogen-bond donors (Lipinski definition) is 0. The number of rotatable bonds is 21. The van der Waals surface area contributed by atoms with E-state index in [1.165, 1.54) is 56.9 Å². The van der Waals surface area contributed by atoms with Crippen LogP contribution in [0.4, 0.5) is 0 Å². The van der Waals surface area contributed by atoms with Gasteiger partial charge in [0, 0.05) is 0 Å². The third-order valence-electron chi connectivity index (χ3n) is 8.67. The Bertz CT molecular complexity index is 1450. The average Bonchev–Trinajstić information content (AvgIpc) is 3.11. The molecule has 0 unspecified atom stereocenters. The van der Waals surface area contributed by atoms with Gasteiger partial charge in [0.25, 0.3) is 0 Å². The highest BCUT2D eigenvalue weighted by Gasteiger charge is 2.10. The molecule has 0 saturated carbocycles. The fraction of sp³-hybridized carbons (Fsp3) is 0.372. The highest BCUT2D eigenvalue weighted by atomic mass is 16.5. The molecular formula is C43H52O4. The van der Waals surface area contributed by atoms with Crippen molar-refractivity contribution >= 4 is 12.0 Å². The van der Waals surface area contributed by atoms with Crippen LogP contribution in [-0.2, 0) is 6.42 Å². The Morgan fingerprint density at radius 1 is 0.617 bits per heavy atom. The van der Waals surface area contributed by atoms with Crippen molar-refractivity contribution < 1.29 is 19.0 Å². The summed E-state index contributed by atoms with van der Waals surface area (Å²) in [4.78, 5) is 12.7. The van der Waals surface area contributed by atoms with Crippen LogP contribution in [0, 0.1) is 5.92 Å². The molecule has 0 aliphatic rings. The lowest BCUT2D eigenvalue weighted by molar-refractivity contribution is 0.0734. The number of benzene rings is 4. The van der Waals surface area contributed by atoms with Gasteiger partial charge in [0.1, 0.15) is 17.2 Å². The lowest BCUT2D eigenvalue weighted by atomic mass is 9.97. The molecule has 47 heavy (non-hydrogen) atoms. The number of esters is 1. The number of hydrogen-bond acceptors (Lipinski definition) is 4. The van der Waals surface area contributed by atoms with Crippen molar-refractivity contribution in [2.24, 2.45) is 5.92 Å². The van der Waals surface area contributed by atoms with E-state index in [1.54, 1.807) is 12.1 Å². The van der Waals surface area contributed by atoms with Gasteiger partial charge in [-0.05, 0) is 96.0 Å². The Morgan fingerprint density at radius 2 is 1.06 bits per heavy atom.